The lowest BCUT2D eigenvalue weighted by molar-refractivity contribution is 0.192. The first kappa shape index (κ1) is 10.7. The molecule has 0 aromatic heterocycles. The van der Waals surface area contributed by atoms with Gasteiger partial charge in [0, 0.05) is 6.54 Å². The van der Waals surface area contributed by atoms with Crippen molar-refractivity contribution < 1.29 is 9.90 Å². The minimum atomic E-state index is -0.924. The third kappa shape index (κ3) is 4.21. The maximum Gasteiger partial charge on any atom is 0.404 e. The van der Waals surface area contributed by atoms with Crippen LogP contribution in [0.25, 0.3) is 0 Å². The fourth-order valence-corrected chi connectivity index (χ4v) is 1.12. The van der Waals surface area contributed by atoms with E-state index in [9.17, 15) is 4.79 Å². The molecule has 1 aliphatic heterocycles. The molecule has 0 spiro atoms. The molecule has 1 unspecified atom stereocenters. The molecular weight excluding hydrogens is 212 g/mol. The van der Waals surface area contributed by atoms with Gasteiger partial charge in [-0.3, -0.25) is 0 Å². The number of carbonyl (C=O) groups is 1. The molecule has 1 rings (SSSR count). The summed E-state index contributed by atoms with van der Waals surface area (Å²) < 4.78 is 0. The van der Waals surface area contributed by atoms with Crippen molar-refractivity contribution in [2.45, 2.75) is 6.42 Å². The molecule has 1 aliphatic rings. The predicted octanol–water partition coefficient (Wildman–Crippen LogP) is 0.441. The van der Waals surface area contributed by atoms with Gasteiger partial charge >= 0.3 is 6.09 Å². The summed E-state index contributed by atoms with van der Waals surface area (Å²) in [6.45, 7) is 2.55. The van der Waals surface area contributed by atoms with Gasteiger partial charge in [0.25, 0.3) is 0 Å². The van der Waals surface area contributed by atoms with Crippen molar-refractivity contribution in [3.63, 3.8) is 0 Å². The van der Waals surface area contributed by atoms with Crippen LogP contribution in [-0.2, 0) is 0 Å². The van der Waals surface area contributed by atoms with E-state index >= 15 is 0 Å². The normalized spacial score (nSPS) is 22.4. The van der Waals surface area contributed by atoms with Crippen LogP contribution in [0.15, 0.2) is 0 Å². The Bertz CT molecular complexity index is 126. The molecule has 11 heavy (non-hydrogen) atoms. The molecule has 1 atom stereocenters. The van der Waals surface area contributed by atoms with Crippen molar-refractivity contribution in [2.24, 2.45) is 5.92 Å². The summed E-state index contributed by atoms with van der Waals surface area (Å²) in [6.07, 6.45) is 0.159. The van der Waals surface area contributed by atoms with Gasteiger partial charge < -0.3 is 15.7 Å². The molecule has 0 saturated carbocycles. The Morgan fingerprint density at radius 2 is 2.45 bits per heavy atom. The first-order chi connectivity index (χ1) is 4.79. The first-order valence-electron chi connectivity index (χ1n) is 3.46. The lowest BCUT2D eigenvalue weighted by Crippen LogP contribution is -2.28. The van der Waals surface area contributed by atoms with E-state index in [4.69, 9.17) is 5.11 Å². The number of hydrogen-bond donors (Lipinski definition) is 3. The van der Waals surface area contributed by atoms with E-state index in [1.165, 1.54) is 0 Å². The smallest absolute Gasteiger partial charge is 0.404 e. The summed E-state index contributed by atoms with van der Waals surface area (Å²) in [5.41, 5.74) is 0. The molecule has 1 heterocycles. The Hall–Kier alpha value is -0.290. The van der Waals surface area contributed by atoms with Gasteiger partial charge in [-0.15, -0.1) is 17.0 Å². The van der Waals surface area contributed by atoms with E-state index in [1.807, 2.05) is 0 Å². The third-order valence-corrected chi connectivity index (χ3v) is 1.70. The van der Waals surface area contributed by atoms with Crippen LogP contribution in [0.3, 0.4) is 0 Å². The Morgan fingerprint density at radius 3 is 2.91 bits per heavy atom. The second kappa shape index (κ2) is 5.37. The molecule has 1 amide bonds. The van der Waals surface area contributed by atoms with E-state index in [2.05, 4.69) is 10.6 Å². The van der Waals surface area contributed by atoms with E-state index in [0.717, 1.165) is 19.5 Å². The van der Waals surface area contributed by atoms with Gasteiger partial charge in [-0.2, -0.15) is 0 Å². The number of rotatable bonds is 2. The molecule has 0 bridgehead atoms. The summed E-state index contributed by atoms with van der Waals surface area (Å²) in [6, 6.07) is 0. The highest BCUT2D eigenvalue weighted by Crippen LogP contribution is 2.04. The minimum absolute atomic E-state index is 0. The number of nitrogens with one attached hydrogen (secondary N) is 2. The minimum Gasteiger partial charge on any atom is -0.465 e. The van der Waals surface area contributed by atoms with Crippen molar-refractivity contribution in [3.05, 3.63) is 0 Å². The van der Waals surface area contributed by atoms with Crippen LogP contribution in [0.2, 0.25) is 0 Å². The summed E-state index contributed by atoms with van der Waals surface area (Å²) in [4.78, 5) is 10.0. The number of halogens is 1. The highest BCUT2D eigenvalue weighted by molar-refractivity contribution is 8.93. The monoisotopic (exact) mass is 224 g/mol. The van der Waals surface area contributed by atoms with Gasteiger partial charge in [0.2, 0.25) is 0 Å². The van der Waals surface area contributed by atoms with Gasteiger partial charge in [-0.05, 0) is 25.4 Å². The fraction of sp³-hybridized carbons (Fsp3) is 0.833. The van der Waals surface area contributed by atoms with Gasteiger partial charge in [0.1, 0.15) is 0 Å². The Balaban J connectivity index is 0.000001000. The molecule has 66 valence electrons. The second-order valence-corrected chi connectivity index (χ2v) is 2.54. The standard InChI is InChI=1S/C6H12N2O2.BrH/c9-6(10)8-4-5-1-2-7-3-5;/h5,7-8H,1-4H2,(H,9,10);1H. The molecule has 1 fully saturated rings. The zero-order valence-corrected chi connectivity index (χ0v) is 7.88. The zero-order valence-electron chi connectivity index (χ0n) is 6.17. The summed E-state index contributed by atoms with van der Waals surface area (Å²) in [7, 11) is 0. The van der Waals surface area contributed by atoms with Gasteiger partial charge in [-0.25, -0.2) is 4.79 Å². The zero-order chi connectivity index (χ0) is 7.40. The maximum atomic E-state index is 10.0. The second-order valence-electron chi connectivity index (χ2n) is 2.54. The Kier molecular flexibility index (Phi) is 5.23. The third-order valence-electron chi connectivity index (χ3n) is 1.70. The number of hydrogen-bond acceptors (Lipinski definition) is 2. The van der Waals surface area contributed by atoms with E-state index in [-0.39, 0.29) is 17.0 Å². The Morgan fingerprint density at radius 1 is 1.73 bits per heavy atom. The molecular formula is C6H13BrN2O2. The maximum absolute atomic E-state index is 10.0. The van der Waals surface area contributed by atoms with Crippen LogP contribution in [0.4, 0.5) is 4.79 Å². The highest BCUT2D eigenvalue weighted by atomic mass is 79.9. The van der Waals surface area contributed by atoms with E-state index < -0.39 is 6.09 Å². The average molecular weight is 225 g/mol. The predicted molar refractivity (Wildman–Crippen MR) is 47.3 cm³/mol. The lowest BCUT2D eigenvalue weighted by Gasteiger charge is -2.05. The fourth-order valence-electron chi connectivity index (χ4n) is 1.12. The van der Waals surface area contributed by atoms with Crippen LogP contribution in [0, 0.1) is 5.92 Å². The Labute approximate surface area is 76.1 Å². The molecule has 0 aromatic rings. The van der Waals surface area contributed by atoms with Crippen molar-refractivity contribution >= 4 is 23.1 Å². The first-order valence-corrected chi connectivity index (χ1v) is 3.46. The van der Waals surface area contributed by atoms with Crippen LogP contribution in [0.5, 0.6) is 0 Å². The quantitative estimate of drug-likeness (QED) is 0.639. The van der Waals surface area contributed by atoms with Gasteiger partial charge in [0.15, 0.2) is 0 Å². The van der Waals surface area contributed by atoms with Gasteiger partial charge in [0.05, 0.1) is 0 Å². The van der Waals surface area contributed by atoms with Crippen LogP contribution < -0.4 is 10.6 Å². The van der Waals surface area contributed by atoms with Crippen molar-refractivity contribution in [1.29, 1.82) is 0 Å². The van der Waals surface area contributed by atoms with Gasteiger partial charge in [-0.1, -0.05) is 0 Å². The molecule has 0 radical (unpaired) electrons. The van der Waals surface area contributed by atoms with Crippen LogP contribution in [0.1, 0.15) is 6.42 Å². The molecule has 0 aliphatic carbocycles. The number of amides is 1. The van der Waals surface area contributed by atoms with E-state index in [1.54, 1.807) is 0 Å². The topological polar surface area (TPSA) is 61.4 Å². The van der Waals surface area contributed by atoms with E-state index in [0.29, 0.717) is 12.5 Å². The lowest BCUT2D eigenvalue weighted by atomic mass is 10.1. The summed E-state index contributed by atoms with van der Waals surface area (Å²) in [5.74, 6) is 0.496. The number of carboxylic acid groups (broad SMARTS) is 1. The van der Waals surface area contributed by atoms with Crippen LogP contribution >= 0.6 is 17.0 Å². The highest BCUT2D eigenvalue weighted by Gasteiger charge is 2.14. The molecule has 5 heteroatoms. The molecule has 1 saturated heterocycles. The molecule has 0 aromatic carbocycles. The summed E-state index contributed by atoms with van der Waals surface area (Å²) in [5, 5.41) is 13.8. The van der Waals surface area contributed by atoms with Crippen molar-refractivity contribution in [2.75, 3.05) is 19.6 Å². The van der Waals surface area contributed by atoms with Crippen molar-refractivity contribution in [1.82, 2.24) is 10.6 Å². The van der Waals surface area contributed by atoms with Crippen LogP contribution in [-0.4, -0.2) is 30.8 Å². The SMILES string of the molecule is Br.O=C(O)NCC1CCNC1. The largest absolute Gasteiger partial charge is 0.465 e. The average Bonchev–Trinajstić information content (AvgIpc) is 2.34. The summed E-state index contributed by atoms with van der Waals surface area (Å²) >= 11 is 0. The molecule has 3 N–H and O–H groups in total. The molecule has 4 nitrogen and oxygen atoms in total. The van der Waals surface area contributed by atoms with Crippen molar-refractivity contribution in [3.8, 4) is 0 Å².